The van der Waals surface area contributed by atoms with E-state index in [2.05, 4.69) is 0 Å². The van der Waals surface area contributed by atoms with Crippen molar-refractivity contribution >= 4 is 21.7 Å². The minimum atomic E-state index is -3.63. The Kier molecular flexibility index (Phi) is 3.86. The molecule has 0 saturated carbocycles. The molecule has 0 saturated heterocycles. The van der Waals surface area contributed by atoms with Crippen molar-refractivity contribution in [2.45, 2.75) is 9.79 Å². The molecule has 3 aromatic rings. The van der Waals surface area contributed by atoms with Crippen LogP contribution in [0.4, 0.5) is 5.69 Å². The van der Waals surface area contributed by atoms with Gasteiger partial charge in [0.15, 0.2) is 12.0 Å². The largest absolute Gasteiger partial charge is 0.434 e. The maximum Gasteiger partial charge on any atom is 0.292 e. The lowest BCUT2D eigenvalue weighted by Crippen LogP contribution is -2.22. The van der Waals surface area contributed by atoms with Gasteiger partial charge in [0.25, 0.3) is 6.73 Å². The fraction of sp³-hybridized carbons (Fsp3) is 0.0500. The summed E-state index contributed by atoms with van der Waals surface area (Å²) in [5.74, 6) is 0.401. The van der Waals surface area contributed by atoms with E-state index in [-0.39, 0.29) is 16.5 Å². The van der Waals surface area contributed by atoms with E-state index >= 15 is 0 Å². The number of benzene rings is 3. The van der Waals surface area contributed by atoms with Gasteiger partial charge in [-0.1, -0.05) is 42.5 Å². The Labute approximate surface area is 146 Å². The van der Waals surface area contributed by atoms with Crippen LogP contribution < -0.4 is 4.74 Å². The highest BCUT2D eigenvalue weighted by Gasteiger charge is 2.28. The summed E-state index contributed by atoms with van der Waals surface area (Å²) >= 11 is 0. The molecular formula is C20H16NO3S+. The van der Waals surface area contributed by atoms with E-state index in [1.807, 2.05) is 47.2 Å². The molecule has 1 heterocycles. The van der Waals surface area contributed by atoms with Crippen molar-refractivity contribution in [2.75, 3.05) is 6.73 Å². The second kappa shape index (κ2) is 6.18. The summed E-state index contributed by atoms with van der Waals surface area (Å²) < 4.78 is 33.7. The second-order valence-electron chi connectivity index (χ2n) is 5.70. The van der Waals surface area contributed by atoms with Gasteiger partial charge in [-0.25, -0.2) is 8.42 Å². The zero-order valence-corrected chi connectivity index (χ0v) is 14.2. The van der Waals surface area contributed by atoms with Crippen molar-refractivity contribution in [3.8, 4) is 5.75 Å². The summed E-state index contributed by atoms with van der Waals surface area (Å²) in [6, 6.07) is 23.4. The van der Waals surface area contributed by atoms with E-state index in [1.165, 1.54) is 0 Å². The van der Waals surface area contributed by atoms with Crippen molar-refractivity contribution in [2.24, 2.45) is 0 Å². The minimum absolute atomic E-state index is 0.195. The summed E-state index contributed by atoms with van der Waals surface area (Å²) in [6.07, 6.45) is 1.91. The van der Waals surface area contributed by atoms with Gasteiger partial charge in [0.2, 0.25) is 15.5 Å². The quantitative estimate of drug-likeness (QED) is 0.678. The van der Waals surface area contributed by atoms with Crippen molar-refractivity contribution in [1.29, 1.82) is 0 Å². The number of hydrogen-bond acceptors (Lipinski definition) is 3. The average Bonchev–Trinajstić information content (AvgIpc) is 2.68. The lowest BCUT2D eigenvalue weighted by molar-refractivity contribution is -0.476. The first kappa shape index (κ1) is 15.6. The molecule has 0 atom stereocenters. The minimum Gasteiger partial charge on any atom is -0.434 e. The number of rotatable bonds is 3. The Balaban J connectivity index is 1.82. The summed E-state index contributed by atoms with van der Waals surface area (Å²) in [7, 11) is -3.63. The molecule has 1 aliphatic rings. The van der Waals surface area contributed by atoms with Crippen LogP contribution in [0, 0.1) is 0 Å². The van der Waals surface area contributed by atoms with E-state index in [0.29, 0.717) is 5.75 Å². The Morgan fingerprint density at radius 3 is 2.20 bits per heavy atom. The number of sulfone groups is 1. The monoisotopic (exact) mass is 350 g/mol. The summed E-state index contributed by atoms with van der Waals surface area (Å²) in [5.41, 5.74) is 1.73. The molecule has 0 unspecified atom stereocenters. The highest BCUT2D eigenvalue weighted by atomic mass is 32.2. The van der Waals surface area contributed by atoms with E-state index in [1.54, 1.807) is 42.5 Å². The van der Waals surface area contributed by atoms with Gasteiger partial charge in [0.05, 0.1) is 10.5 Å². The highest BCUT2D eigenvalue weighted by Crippen LogP contribution is 2.33. The molecule has 0 amide bonds. The van der Waals surface area contributed by atoms with E-state index in [0.717, 1.165) is 11.3 Å². The van der Waals surface area contributed by atoms with Gasteiger partial charge in [-0.15, -0.1) is 0 Å². The van der Waals surface area contributed by atoms with Crippen LogP contribution in [0.25, 0.3) is 0 Å². The topological polar surface area (TPSA) is 46.4 Å². The van der Waals surface area contributed by atoms with E-state index < -0.39 is 9.84 Å². The molecule has 0 aliphatic carbocycles. The van der Waals surface area contributed by atoms with Crippen LogP contribution in [-0.4, -0.2) is 25.9 Å². The van der Waals surface area contributed by atoms with Gasteiger partial charge in [-0.3, -0.25) is 0 Å². The molecule has 4 nitrogen and oxygen atoms in total. The second-order valence-corrected chi connectivity index (χ2v) is 7.62. The molecule has 124 valence electrons. The van der Waals surface area contributed by atoms with Crippen LogP contribution in [0.5, 0.6) is 5.75 Å². The van der Waals surface area contributed by atoms with Crippen molar-refractivity contribution in [3.05, 3.63) is 84.4 Å². The molecule has 1 aliphatic heterocycles. The van der Waals surface area contributed by atoms with Crippen LogP contribution in [0.1, 0.15) is 5.56 Å². The molecule has 3 aromatic carbocycles. The predicted octanol–water partition coefficient (Wildman–Crippen LogP) is 3.63. The molecule has 0 aromatic heterocycles. The van der Waals surface area contributed by atoms with E-state index in [9.17, 15) is 8.42 Å². The van der Waals surface area contributed by atoms with Gasteiger partial charge in [0, 0.05) is 12.1 Å². The number of nitrogens with zero attached hydrogens (tertiary/aromatic N) is 1. The maximum atomic E-state index is 12.9. The van der Waals surface area contributed by atoms with Crippen molar-refractivity contribution in [3.63, 3.8) is 0 Å². The number of hydrogen-bond donors (Lipinski definition) is 0. The first-order valence-corrected chi connectivity index (χ1v) is 9.37. The smallest absolute Gasteiger partial charge is 0.292 e. The summed E-state index contributed by atoms with van der Waals surface area (Å²) in [6.45, 7) is 0.262. The zero-order chi connectivity index (χ0) is 17.3. The lowest BCUT2D eigenvalue weighted by atomic mass is 10.2. The Morgan fingerprint density at radius 2 is 1.48 bits per heavy atom. The third-order valence-corrected chi connectivity index (χ3v) is 5.88. The maximum absolute atomic E-state index is 12.9. The standard InChI is InChI=1S/C20H16NO3S/c22-25(23,18-11-5-2-6-12-18)19-13-7-8-16-14-21(15-24-20(16)19)17-9-3-1-4-10-17/h1-14H,15H2/q+1. The Hall–Kier alpha value is -2.92. The Bertz CT molecular complexity index is 1040. The van der Waals surface area contributed by atoms with Crippen LogP contribution in [0.2, 0.25) is 0 Å². The average molecular weight is 350 g/mol. The fourth-order valence-electron chi connectivity index (χ4n) is 2.83. The molecule has 25 heavy (non-hydrogen) atoms. The molecular weight excluding hydrogens is 334 g/mol. The third kappa shape index (κ3) is 2.83. The summed E-state index contributed by atoms with van der Waals surface area (Å²) in [4.78, 5) is 0.456. The molecule has 0 spiro atoms. The fourth-order valence-corrected chi connectivity index (χ4v) is 4.28. The number of ether oxygens (including phenoxy) is 1. The molecule has 0 N–H and O–H groups in total. The molecule has 5 heteroatoms. The third-order valence-electron chi connectivity index (χ3n) is 4.08. The van der Waals surface area contributed by atoms with Gasteiger partial charge in [0.1, 0.15) is 4.90 Å². The van der Waals surface area contributed by atoms with Crippen LogP contribution in [0.3, 0.4) is 0 Å². The molecule has 0 radical (unpaired) electrons. The first-order chi connectivity index (χ1) is 12.2. The first-order valence-electron chi connectivity index (χ1n) is 7.89. The normalized spacial score (nSPS) is 13.5. The van der Waals surface area contributed by atoms with Crippen LogP contribution in [0.15, 0.2) is 88.7 Å². The van der Waals surface area contributed by atoms with Crippen molar-refractivity contribution in [1.82, 2.24) is 0 Å². The van der Waals surface area contributed by atoms with Gasteiger partial charge >= 0.3 is 0 Å². The Morgan fingerprint density at radius 1 is 0.800 bits per heavy atom. The highest BCUT2D eigenvalue weighted by molar-refractivity contribution is 7.91. The van der Waals surface area contributed by atoms with Gasteiger partial charge in [-0.05, 0) is 24.3 Å². The zero-order valence-electron chi connectivity index (χ0n) is 13.4. The van der Waals surface area contributed by atoms with Crippen LogP contribution in [-0.2, 0) is 9.84 Å². The van der Waals surface area contributed by atoms with Crippen LogP contribution >= 0.6 is 0 Å². The SMILES string of the molecule is O=S(=O)(c1ccccc1)c1cccc2c1OC[N+](c1ccccc1)=C2. The van der Waals surface area contributed by atoms with Crippen molar-refractivity contribution < 1.29 is 17.7 Å². The number of para-hydroxylation sites is 2. The lowest BCUT2D eigenvalue weighted by Gasteiger charge is -2.17. The number of fused-ring (bicyclic) bond motifs is 1. The molecule has 4 rings (SSSR count). The van der Waals surface area contributed by atoms with Gasteiger partial charge in [-0.2, -0.15) is 4.58 Å². The van der Waals surface area contributed by atoms with E-state index in [4.69, 9.17) is 4.74 Å². The van der Waals surface area contributed by atoms with Gasteiger partial charge < -0.3 is 4.74 Å². The molecule has 0 bridgehead atoms. The summed E-state index contributed by atoms with van der Waals surface area (Å²) in [5, 5.41) is 0. The molecule has 0 fully saturated rings. The predicted molar refractivity (Wildman–Crippen MR) is 95.4 cm³/mol.